The van der Waals surface area contributed by atoms with E-state index >= 15 is 0 Å². The number of hydrogen-bond donors (Lipinski definition) is 1. The third-order valence-electron chi connectivity index (χ3n) is 4.85. The molecule has 10 heteroatoms. The Labute approximate surface area is 183 Å². The highest BCUT2D eigenvalue weighted by molar-refractivity contribution is 9.10. The van der Waals surface area contributed by atoms with Gasteiger partial charge in [-0.05, 0) is 36.8 Å². The number of carbonyl (C=O) groups excluding carboxylic acids is 3. The molecule has 0 aliphatic carbocycles. The second-order valence-electron chi connectivity index (χ2n) is 6.75. The molecule has 0 radical (unpaired) electrons. The summed E-state index contributed by atoms with van der Waals surface area (Å²) in [4.78, 5) is 39.1. The van der Waals surface area contributed by atoms with Crippen molar-refractivity contribution < 1.29 is 22.8 Å². The molecular formula is C20H20BrN3O5S. The van der Waals surface area contributed by atoms with Crippen LogP contribution in [0.3, 0.4) is 0 Å². The van der Waals surface area contributed by atoms with E-state index in [0.29, 0.717) is 4.31 Å². The molecule has 1 heterocycles. The van der Waals surface area contributed by atoms with E-state index < -0.39 is 40.3 Å². The molecule has 0 fully saturated rings. The first-order valence-corrected chi connectivity index (χ1v) is 11.3. The van der Waals surface area contributed by atoms with Gasteiger partial charge in [0.25, 0.3) is 15.9 Å². The van der Waals surface area contributed by atoms with Crippen molar-refractivity contribution in [2.24, 2.45) is 0 Å². The summed E-state index contributed by atoms with van der Waals surface area (Å²) >= 11 is 3.36. The lowest BCUT2D eigenvalue weighted by molar-refractivity contribution is -0.140. The number of likely N-dealkylation sites (N-methyl/N-ethyl adjacent to an activating group) is 1. The topological polar surface area (TPSA) is 104 Å². The highest BCUT2D eigenvalue weighted by Gasteiger charge is 2.43. The summed E-state index contributed by atoms with van der Waals surface area (Å²) in [7, 11) is -2.68. The van der Waals surface area contributed by atoms with E-state index in [9.17, 15) is 22.8 Å². The molecule has 1 aliphatic heterocycles. The van der Waals surface area contributed by atoms with Gasteiger partial charge in [0.2, 0.25) is 11.8 Å². The molecule has 3 amide bonds. The van der Waals surface area contributed by atoms with E-state index in [2.05, 4.69) is 21.2 Å². The van der Waals surface area contributed by atoms with E-state index in [4.69, 9.17) is 0 Å². The summed E-state index contributed by atoms with van der Waals surface area (Å²) in [5, 5.41) is 2.49. The first kappa shape index (κ1) is 22.0. The number of carbonyl (C=O) groups is 3. The fourth-order valence-electron chi connectivity index (χ4n) is 3.22. The van der Waals surface area contributed by atoms with Gasteiger partial charge in [-0.25, -0.2) is 12.7 Å². The van der Waals surface area contributed by atoms with Gasteiger partial charge in [0, 0.05) is 18.1 Å². The van der Waals surface area contributed by atoms with Crippen molar-refractivity contribution >= 4 is 43.7 Å². The van der Waals surface area contributed by atoms with Gasteiger partial charge in [-0.15, -0.1) is 0 Å². The first-order valence-electron chi connectivity index (χ1n) is 9.08. The molecule has 1 unspecified atom stereocenters. The number of hydrogen-bond acceptors (Lipinski definition) is 5. The second-order valence-corrected chi connectivity index (χ2v) is 9.50. The Kier molecular flexibility index (Phi) is 6.27. The monoisotopic (exact) mass is 493 g/mol. The Balaban J connectivity index is 1.90. The smallest absolute Gasteiger partial charge is 0.269 e. The molecule has 0 spiro atoms. The lowest BCUT2D eigenvalue weighted by Crippen LogP contribution is -2.50. The van der Waals surface area contributed by atoms with Crippen molar-refractivity contribution in [3.63, 3.8) is 0 Å². The third-order valence-corrected chi connectivity index (χ3v) is 7.13. The Hall–Kier alpha value is -2.72. The number of fused-ring (bicyclic) bond motifs is 1. The number of sulfonamides is 1. The quantitative estimate of drug-likeness (QED) is 0.659. The fraction of sp³-hybridized carbons (Fsp3) is 0.250. The zero-order chi connectivity index (χ0) is 22.1. The van der Waals surface area contributed by atoms with Gasteiger partial charge in [0.1, 0.15) is 17.5 Å². The molecule has 1 N–H and O–H groups in total. The predicted molar refractivity (Wildman–Crippen MR) is 113 cm³/mol. The number of halogens is 1. The Morgan fingerprint density at radius 3 is 2.50 bits per heavy atom. The summed E-state index contributed by atoms with van der Waals surface area (Å²) in [6.45, 7) is 0.927. The van der Waals surface area contributed by atoms with Crippen molar-refractivity contribution in [1.29, 1.82) is 0 Å². The third kappa shape index (κ3) is 4.10. The fourth-order valence-corrected chi connectivity index (χ4v) is 5.19. The van der Waals surface area contributed by atoms with Gasteiger partial charge in [-0.1, -0.05) is 40.2 Å². The van der Waals surface area contributed by atoms with Gasteiger partial charge in [0.15, 0.2) is 0 Å². The number of rotatable bonds is 6. The Morgan fingerprint density at radius 1 is 1.17 bits per heavy atom. The summed E-state index contributed by atoms with van der Waals surface area (Å²) in [5.41, 5.74) is 0.774. The largest absolute Gasteiger partial charge is 0.357 e. The van der Waals surface area contributed by atoms with Crippen LogP contribution < -0.4 is 5.32 Å². The molecule has 2 aromatic carbocycles. The number of nitrogens with one attached hydrogen (secondary N) is 1. The maximum absolute atomic E-state index is 13.1. The van der Waals surface area contributed by atoms with Crippen LogP contribution in [0.5, 0.6) is 0 Å². The minimum absolute atomic E-state index is 0.0307. The van der Waals surface area contributed by atoms with Crippen molar-refractivity contribution in [2.45, 2.75) is 24.4 Å². The SMILES string of the molecule is CNC(=O)C(C)N(Cc1cccc(Br)c1)C(=O)CN1C(=O)c2ccccc2S1(=O)=O. The maximum Gasteiger partial charge on any atom is 0.269 e. The van der Waals surface area contributed by atoms with Gasteiger partial charge in [-0.3, -0.25) is 14.4 Å². The summed E-state index contributed by atoms with van der Waals surface area (Å²) in [5.74, 6) is -1.82. The van der Waals surface area contributed by atoms with Gasteiger partial charge in [-0.2, -0.15) is 0 Å². The molecule has 0 saturated heterocycles. The minimum Gasteiger partial charge on any atom is -0.357 e. The molecule has 30 heavy (non-hydrogen) atoms. The van der Waals surface area contributed by atoms with Crippen molar-refractivity contribution in [1.82, 2.24) is 14.5 Å². The van der Waals surface area contributed by atoms with Crippen LogP contribution >= 0.6 is 15.9 Å². The lowest BCUT2D eigenvalue weighted by Gasteiger charge is -2.29. The van der Waals surface area contributed by atoms with E-state index in [0.717, 1.165) is 10.0 Å². The Morgan fingerprint density at radius 2 is 1.87 bits per heavy atom. The standard InChI is InChI=1S/C20H20BrN3O5S/c1-13(19(26)22-2)23(11-14-6-5-7-15(21)10-14)18(25)12-24-20(27)16-8-3-4-9-17(16)30(24,28)29/h3-10,13H,11-12H2,1-2H3,(H,22,26). The number of nitrogens with zero attached hydrogens (tertiary/aromatic N) is 2. The van der Waals surface area contributed by atoms with Crippen LogP contribution in [0.15, 0.2) is 57.9 Å². The van der Waals surface area contributed by atoms with Crippen LogP contribution in [-0.4, -0.2) is 55.0 Å². The van der Waals surface area contributed by atoms with Gasteiger partial charge >= 0.3 is 0 Å². The number of benzene rings is 2. The summed E-state index contributed by atoms with van der Waals surface area (Å²) in [6.07, 6.45) is 0. The summed E-state index contributed by atoms with van der Waals surface area (Å²) in [6, 6.07) is 12.1. The van der Waals surface area contributed by atoms with Crippen LogP contribution in [0, 0.1) is 0 Å². The van der Waals surface area contributed by atoms with E-state index in [1.807, 2.05) is 6.07 Å². The maximum atomic E-state index is 13.1. The normalized spacial score (nSPS) is 15.4. The van der Waals surface area contributed by atoms with Crippen LogP contribution in [-0.2, 0) is 26.2 Å². The van der Waals surface area contributed by atoms with E-state index in [-0.39, 0.29) is 17.0 Å². The molecule has 1 aliphatic rings. The van der Waals surface area contributed by atoms with Crippen LogP contribution in [0.2, 0.25) is 0 Å². The van der Waals surface area contributed by atoms with Crippen LogP contribution in [0.25, 0.3) is 0 Å². The molecule has 0 aromatic heterocycles. The van der Waals surface area contributed by atoms with Crippen molar-refractivity contribution in [2.75, 3.05) is 13.6 Å². The molecule has 2 aromatic rings. The van der Waals surface area contributed by atoms with E-state index in [1.165, 1.54) is 30.1 Å². The first-order chi connectivity index (χ1) is 14.2. The highest BCUT2D eigenvalue weighted by atomic mass is 79.9. The second kappa shape index (κ2) is 8.57. The zero-order valence-electron chi connectivity index (χ0n) is 16.3. The van der Waals surface area contributed by atoms with Crippen LogP contribution in [0.1, 0.15) is 22.8 Å². The molecule has 158 valence electrons. The molecule has 8 nitrogen and oxygen atoms in total. The minimum atomic E-state index is -4.13. The summed E-state index contributed by atoms with van der Waals surface area (Å²) < 4.78 is 26.9. The zero-order valence-corrected chi connectivity index (χ0v) is 18.7. The average Bonchev–Trinajstić information content (AvgIpc) is 2.92. The molecule has 3 rings (SSSR count). The van der Waals surface area contributed by atoms with Gasteiger partial charge in [0.05, 0.1) is 5.56 Å². The van der Waals surface area contributed by atoms with Gasteiger partial charge < -0.3 is 10.2 Å². The molecule has 0 bridgehead atoms. The number of amides is 3. The molecule has 0 saturated carbocycles. The van der Waals surface area contributed by atoms with Crippen molar-refractivity contribution in [3.05, 3.63) is 64.1 Å². The Bertz CT molecular complexity index is 1120. The van der Waals surface area contributed by atoms with Crippen molar-refractivity contribution in [3.8, 4) is 0 Å². The molecule has 1 atom stereocenters. The lowest BCUT2D eigenvalue weighted by atomic mass is 10.1. The highest BCUT2D eigenvalue weighted by Crippen LogP contribution is 2.30. The molecular weight excluding hydrogens is 474 g/mol. The predicted octanol–water partition coefficient (Wildman–Crippen LogP) is 1.76. The average molecular weight is 494 g/mol. The van der Waals surface area contributed by atoms with Crippen LogP contribution in [0.4, 0.5) is 0 Å². The van der Waals surface area contributed by atoms with E-state index in [1.54, 1.807) is 31.2 Å².